The Labute approximate surface area is 211 Å². The Hall–Kier alpha value is -3.21. The van der Waals surface area contributed by atoms with Crippen molar-refractivity contribution in [3.05, 3.63) is 30.1 Å². The van der Waals surface area contributed by atoms with E-state index in [2.05, 4.69) is 10.3 Å². The first-order chi connectivity index (χ1) is 17.4. The molecule has 3 aliphatic rings. The van der Waals surface area contributed by atoms with Crippen molar-refractivity contribution in [2.45, 2.75) is 50.6 Å². The van der Waals surface area contributed by atoms with E-state index < -0.39 is 23.9 Å². The third-order valence-electron chi connectivity index (χ3n) is 7.36. The van der Waals surface area contributed by atoms with Crippen molar-refractivity contribution in [1.82, 2.24) is 25.0 Å². The molecule has 1 aromatic heterocycles. The number of nitrogens with one attached hydrogen (secondary N) is 1. The highest BCUT2D eigenvalue weighted by molar-refractivity contribution is 5.96. The van der Waals surface area contributed by atoms with Gasteiger partial charge in [0.2, 0.25) is 11.8 Å². The number of urea groups is 1. The molecule has 5 amide bonds. The van der Waals surface area contributed by atoms with E-state index in [-0.39, 0.29) is 31.6 Å². The molecule has 3 heterocycles. The Morgan fingerprint density at radius 3 is 2.47 bits per heavy atom. The number of ether oxygens (including phenoxy) is 1. The first-order valence-electron chi connectivity index (χ1n) is 12.9. The largest absolute Gasteiger partial charge is 0.378 e. The van der Waals surface area contributed by atoms with E-state index in [4.69, 9.17) is 10.5 Å². The summed E-state index contributed by atoms with van der Waals surface area (Å²) < 4.78 is 5.36. The number of pyridine rings is 1. The Morgan fingerprint density at radius 2 is 1.81 bits per heavy atom. The zero-order valence-electron chi connectivity index (χ0n) is 20.6. The fraction of sp³-hybridized carbons (Fsp3) is 0.640. The molecule has 0 aromatic carbocycles. The molecular weight excluding hydrogens is 464 g/mol. The number of hydrogen-bond donors (Lipinski definition) is 2. The Balaban J connectivity index is 1.50. The van der Waals surface area contributed by atoms with E-state index >= 15 is 0 Å². The van der Waals surface area contributed by atoms with Crippen molar-refractivity contribution in [1.29, 1.82) is 0 Å². The third kappa shape index (κ3) is 6.31. The molecule has 196 valence electrons. The van der Waals surface area contributed by atoms with E-state index in [1.807, 2.05) is 0 Å². The number of carbonyl (C=O) groups excluding carboxylic acids is 4. The minimum absolute atomic E-state index is 0.0184. The second-order valence-corrected chi connectivity index (χ2v) is 9.79. The zero-order valence-corrected chi connectivity index (χ0v) is 20.6. The Bertz CT molecular complexity index is 932. The Morgan fingerprint density at radius 1 is 1.06 bits per heavy atom. The summed E-state index contributed by atoms with van der Waals surface area (Å²) in [4.78, 5) is 61.0. The van der Waals surface area contributed by atoms with Crippen LogP contribution < -0.4 is 11.1 Å². The highest BCUT2D eigenvalue weighted by atomic mass is 16.5. The lowest BCUT2D eigenvalue weighted by Gasteiger charge is -2.43. The van der Waals surface area contributed by atoms with Crippen LogP contribution in [-0.2, 0) is 14.3 Å². The predicted molar refractivity (Wildman–Crippen MR) is 131 cm³/mol. The monoisotopic (exact) mass is 500 g/mol. The lowest BCUT2D eigenvalue weighted by Crippen LogP contribution is -2.65. The molecule has 0 radical (unpaired) electrons. The quantitative estimate of drug-likeness (QED) is 0.587. The van der Waals surface area contributed by atoms with Crippen LogP contribution in [0.15, 0.2) is 24.5 Å². The van der Waals surface area contributed by atoms with Crippen molar-refractivity contribution in [2.24, 2.45) is 11.7 Å². The van der Waals surface area contributed by atoms with E-state index in [9.17, 15) is 19.2 Å². The highest BCUT2D eigenvalue weighted by Gasteiger charge is 2.40. The van der Waals surface area contributed by atoms with Gasteiger partial charge in [-0.25, -0.2) is 4.79 Å². The van der Waals surface area contributed by atoms with Gasteiger partial charge in [-0.2, -0.15) is 0 Å². The minimum Gasteiger partial charge on any atom is -0.378 e. The molecule has 0 spiro atoms. The normalized spacial score (nSPS) is 22.1. The second-order valence-electron chi connectivity index (χ2n) is 9.79. The SMILES string of the molecule is NC(=O)[C@H](CC1CCCCC1)NC(=O)[C@@H]1CN(C(=O)c2cccnc2)CCN1C(=O)N1CCOCC1. The summed E-state index contributed by atoms with van der Waals surface area (Å²) in [6.45, 7) is 2.26. The van der Waals surface area contributed by atoms with E-state index in [0.717, 1.165) is 25.7 Å². The van der Waals surface area contributed by atoms with Gasteiger partial charge in [-0.05, 0) is 24.5 Å². The number of aromatic nitrogens is 1. The summed E-state index contributed by atoms with van der Waals surface area (Å²) in [5.41, 5.74) is 6.08. The molecule has 1 aromatic rings. The number of rotatable bonds is 6. The lowest BCUT2D eigenvalue weighted by molar-refractivity contribution is -0.132. The van der Waals surface area contributed by atoms with Crippen LogP contribution in [-0.4, -0.2) is 101 Å². The number of primary amides is 1. The van der Waals surface area contributed by atoms with Crippen molar-refractivity contribution in [3.63, 3.8) is 0 Å². The molecular formula is C25H36N6O5. The molecule has 3 fully saturated rings. The summed E-state index contributed by atoms with van der Waals surface area (Å²) in [5.74, 6) is -0.982. The van der Waals surface area contributed by atoms with Crippen molar-refractivity contribution >= 4 is 23.8 Å². The summed E-state index contributed by atoms with van der Waals surface area (Å²) >= 11 is 0. The summed E-state index contributed by atoms with van der Waals surface area (Å²) in [5, 5.41) is 2.82. The second kappa shape index (κ2) is 12.2. The molecule has 36 heavy (non-hydrogen) atoms. The van der Waals surface area contributed by atoms with Gasteiger partial charge in [-0.15, -0.1) is 0 Å². The number of piperazine rings is 1. The molecule has 11 heteroatoms. The van der Waals surface area contributed by atoms with Crippen LogP contribution >= 0.6 is 0 Å². The van der Waals surface area contributed by atoms with Gasteiger partial charge in [0.15, 0.2) is 0 Å². The van der Waals surface area contributed by atoms with Gasteiger partial charge >= 0.3 is 6.03 Å². The molecule has 2 atom stereocenters. The molecule has 2 aliphatic heterocycles. The lowest BCUT2D eigenvalue weighted by atomic mass is 9.84. The number of hydrogen-bond acceptors (Lipinski definition) is 6. The van der Waals surface area contributed by atoms with Crippen molar-refractivity contribution in [3.8, 4) is 0 Å². The first-order valence-corrected chi connectivity index (χ1v) is 12.9. The van der Waals surface area contributed by atoms with Crippen molar-refractivity contribution < 1.29 is 23.9 Å². The molecule has 1 saturated carbocycles. The maximum Gasteiger partial charge on any atom is 0.320 e. The van der Waals surface area contributed by atoms with Crippen LogP contribution in [0.4, 0.5) is 4.79 Å². The van der Waals surface area contributed by atoms with Crippen LogP contribution in [0.2, 0.25) is 0 Å². The maximum absolute atomic E-state index is 13.6. The fourth-order valence-corrected chi connectivity index (χ4v) is 5.30. The average molecular weight is 501 g/mol. The Kier molecular flexibility index (Phi) is 8.74. The highest BCUT2D eigenvalue weighted by Crippen LogP contribution is 2.27. The van der Waals surface area contributed by atoms with Gasteiger partial charge in [0.05, 0.1) is 25.3 Å². The predicted octanol–water partition coefficient (Wildman–Crippen LogP) is 0.601. The van der Waals surface area contributed by atoms with E-state index in [0.29, 0.717) is 44.2 Å². The van der Waals surface area contributed by atoms with Gasteiger partial charge in [0, 0.05) is 38.6 Å². The molecule has 4 rings (SSSR count). The third-order valence-corrected chi connectivity index (χ3v) is 7.36. The number of amides is 5. The van der Waals surface area contributed by atoms with Gasteiger partial charge in [0.25, 0.3) is 5.91 Å². The molecule has 1 aliphatic carbocycles. The summed E-state index contributed by atoms with van der Waals surface area (Å²) in [7, 11) is 0. The van der Waals surface area contributed by atoms with Crippen LogP contribution in [0.5, 0.6) is 0 Å². The first kappa shape index (κ1) is 25.9. The van der Waals surface area contributed by atoms with Crippen molar-refractivity contribution in [2.75, 3.05) is 45.9 Å². The standard InChI is InChI=1S/C25H36N6O5/c26-22(32)20(15-18-5-2-1-3-6-18)28-23(33)21-17-30(24(34)19-7-4-8-27-16-19)9-10-31(21)25(35)29-11-13-36-14-12-29/h4,7-8,16,18,20-21H,1-3,5-6,9-15,17H2,(H2,26,32)(H,28,33)/t20-,21-/m0/s1. The van der Waals surface area contributed by atoms with Gasteiger partial charge in [0.1, 0.15) is 12.1 Å². The van der Waals surface area contributed by atoms with Crippen LogP contribution in [0, 0.1) is 5.92 Å². The van der Waals surface area contributed by atoms with Gasteiger partial charge < -0.3 is 30.5 Å². The number of nitrogens with zero attached hydrogens (tertiary/aromatic N) is 4. The molecule has 2 saturated heterocycles. The van der Waals surface area contributed by atoms with Crippen LogP contribution in [0.25, 0.3) is 0 Å². The zero-order chi connectivity index (χ0) is 25.5. The topological polar surface area (TPSA) is 138 Å². The smallest absolute Gasteiger partial charge is 0.320 e. The number of carbonyl (C=O) groups is 4. The summed E-state index contributed by atoms with van der Waals surface area (Å²) in [6.07, 6.45) is 8.99. The summed E-state index contributed by atoms with van der Waals surface area (Å²) in [6, 6.07) is 1.32. The fourth-order valence-electron chi connectivity index (χ4n) is 5.30. The average Bonchev–Trinajstić information content (AvgIpc) is 2.93. The molecule has 11 nitrogen and oxygen atoms in total. The maximum atomic E-state index is 13.6. The minimum atomic E-state index is -0.942. The number of morpholine rings is 1. The molecule has 3 N–H and O–H groups in total. The van der Waals surface area contributed by atoms with E-state index in [1.54, 1.807) is 28.1 Å². The molecule has 0 bridgehead atoms. The molecule has 0 unspecified atom stereocenters. The number of nitrogens with two attached hydrogens (primary N) is 1. The van der Waals surface area contributed by atoms with Crippen LogP contribution in [0.1, 0.15) is 48.9 Å². The van der Waals surface area contributed by atoms with Gasteiger partial charge in [-0.1, -0.05) is 32.1 Å². The van der Waals surface area contributed by atoms with Crippen LogP contribution in [0.3, 0.4) is 0 Å². The van der Waals surface area contributed by atoms with E-state index in [1.165, 1.54) is 17.5 Å². The van der Waals surface area contributed by atoms with Gasteiger partial charge in [-0.3, -0.25) is 19.4 Å².